The van der Waals surface area contributed by atoms with Crippen molar-refractivity contribution in [2.24, 2.45) is 11.8 Å². The summed E-state index contributed by atoms with van der Waals surface area (Å²) in [5, 5.41) is 4.22. The fourth-order valence-corrected chi connectivity index (χ4v) is 4.95. The maximum Gasteiger partial charge on any atom is 0.338 e. The lowest BCUT2D eigenvalue weighted by Gasteiger charge is -2.34. The van der Waals surface area contributed by atoms with Crippen LogP contribution < -0.4 is 10.6 Å². The molecule has 0 radical (unpaired) electrons. The van der Waals surface area contributed by atoms with E-state index in [0.29, 0.717) is 13.1 Å². The molecule has 1 fully saturated rings. The average molecular weight is 426 g/mol. The number of rotatable bonds is 5. The van der Waals surface area contributed by atoms with Crippen molar-refractivity contribution < 1.29 is 27.5 Å². The van der Waals surface area contributed by atoms with E-state index in [0.717, 1.165) is 6.42 Å². The summed E-state index contributed by atoms with van der Waals surface area (Å²) < 4.78 is 32.3. The van der Waals surface area contributed by atoms with Crippen molar-refractivity contribution in [3.63, 3.8) is 0 Å². The molecule has 1 aliphatic rings. The average Bonchev–Trinajstić information content (AvgIpc) is 2.67. The first-order chi connectivity index (χ1) is 13.5. The number of nitrogens with one attached hydrogen (secondary N) is 2. The highest BCUT2D eigenvalue weighted by molar-refractivity contribution is 7.89. The van der Waals surface area contributed by atoms with Gasteiger partial charge < -0.3 is 10.1 Å². The number of imide groups is 1. The van der Waals surface area contributed by atoms with Gasteiger partial charge in [0.1, 0.15) is 0 Å². The largest absolute Gasteiger partial charge is 0.449 e. The highest BCUT2D eigenvalue weighted by Gasteiger charge is 2.31. The van der Waals surface area contributed by atoms with E-state index in [9.17, 15) is 22.8 Å². The van der Waals surface area contributed by atoms with Crippen LogP contribution in [0.2, 0.25) is 0 Å². The molecule has 29 heavy (non-hydrogen) atoms. The van der Waals surface area contributed by atoms with Crippen LogP contribution in [0.15, 0.2) is 29.2 Å². The first-order valence-corrected chi connectivity index (χ1v) is 10.8. The second-order valence-corrected chi connectivity index (χ2v) is 9.35. The normalized spacial score (nSPS) is 21.1. The van der Waals surface area contributed by atoms with Gasteiger partial charge in [-0.05, 0) is 49.4 Å². The fourth-order valence-electron chi connectivity index (χ4n) is 3.27. The van der Waals surface area contributed by atoms with Crippen LogP contribution in [0.25, 0.3) is 0 Å². The monoisotopic (exact) mass is 425 g/mol. The molecule has 1 aromatic carbocycles. The van der Waals surface area contributed by atoms with Crippen molar-refractivity contribution in [2.45, 2.75) is 38.2 Å². The molecule has 1 aromatic rings. The number of hydrogen-bond acceptors (Lipinski definition) is 6. The summed E-state index contributed by atoms with van der Waals surface area (Å²) in [5.41, 5.74) is 0.101. The molecule has 9 nitrogen and oxygen atoms in total. The number of esters is 1. The second-order valence-electron chi connectivity index (χ2n) is 7.41. The Morgan fingerprint density at radius 2 is 1.66 bits per heavy atom. The van der Waals surface area contributed by atoms with Crippen LogP contribution in [0, 0.1) is 11.8 Å². The number of carbonyl (C=O) groups is 3. The molecule has 2 rings (SSSR count). The highest BCUT2D eigenvalue weighted by atomic mass is 32.2. The van der Waals surface area contributed by atoms with Crippen LogP contribution in [0.3, 0.4) is 0 Å². The summed E-state index contributed by atoms with van der Waals surface area (Å²) in [6.45, 7) is 6.31. The summed E-state index contributed by atoms with van der Waals surface area (Å²) in [5.74, 6) is -1.01. The number of nitrogens with zero attached hydrogens (tertiary/aromatic N) is 1. The quantitative estimate of drug-likeness (QED) is 0.687. The standard InChI is InChI=1S/C19H27N3O6S/c1-12-9-13(2)11-22(10-12)29(26,27)16-7-5-15(6-8-16)18(24)28-14(3)17(23)21-19(25)20-4/h5-8,12-14H,9-11H2,1-4H3,(H2,20,21,23,25)/t12-,13-,14+/m1/s1. The smallest absolute Gasteiger partial charge is 0.338 e. The van der Waals surface area contributed by atoms with Crippen molar-refractivity contribution >= 4 is 27.9 Å². The van der Waals surface area contributed by atoms with E-state index in [-0.39, 0.29) is 22.3 Å². The zero-order chi connectivity index (χ0) is 21.8. The summed E-state index contributed by atoms with van der Waals surface area (Å²) in [6.07, 6.45) is -0.206. The Morgan fingerprint density at radius 3 is 2.17 bits per heavy atom. The molecule has 3 amide bonds. The van der Waals surface area contributed by atoms with Gasteiger partial charge in [-0.2, -0.15) is 4.31 Å². The third-order valence-electron chi connectivity index (χ3n) is 4.68. The predicted molar refractivity (Wildman–Crippen MR) is 106 cm³/mol. The number of hydrogen-bond donors (Lipinski definition) is 2. The number of carbonyl (C=O) groups excluding carboxylic acids is 3. The molecule has 1 aliphatic heterocycles. The summed E-state index contributed by atoms with van der Waals surface area (Å²) in [4.78, 5) is 35.2. The summed E-state index contributed by atoms with van der Waals surface area (Å²) in [6, 6.07) is 4.68. The van der Waals surface area contributed by atoms with Gasteiger partial charge in [-0.15, -0.1) is 0 Å². The van der Waals surface area contributed by atoms with Gasteiger partial charge in [-0.25, -0.2) is 18.0 Å². The van der Waals surface area contributed by atoms with Crippen LogP contribution in [0.4, 0.5) is 4.79 Å². The van der Waals surface area contributed by atoms with E-state index in [4.69, 9.17) is 4.74 Å². The van der Waals surface area contributed by atoms with E-state index in [1.807, 2.05) is 19.2 Å². The minimum Gasteiger partial charge on any atom is -0.449 e. The first kappa shape index (κ1) is 22.8. The lowest BCUT2D eigenvalue weighted by Crippen LogP contribution is -2.43. The summed E-state index contributed by atoms with van der Waals surface area (Å²) in [7, 11) is -2.30. The number of piperidine rings is 1. The maximum atomic E-state index is 12.9. The van der Waals surface area contributed by atoms with Crippen molar-refractivity contribution in [1.29, 1.82) is 0 Å². The van der Waals surface area contributed by atoms with Crippen LogP contribution in [-0.2, 0) is 19.6 Å². The Kier molecular flexibility index (Phi) is 7.37. The molecule has 2 N–H and O–H groups in total. The molecule has 0 bridgehead atoms. The van der Waals surface area contributed by atoms with E-state index in [2.05, 4.69) is 5.32 Å². The topological polar surface area (TPSA) is 122 Å². The maximum absolute atomic E-state index is 12.9. The lowest BCUT2D eigenvalue weighted by molar-refractivity contribution is -0.127. The SMILES string of the molecule is CNC(=O)NC(=O)[C@H](C)OC(=O)c1ccc(S(=O)(=O)N2C[C@H](C)C[C@@H](C)C2)cc1. The number of benzene rings is 1. The van der Waals surface area contributed by atoms with Crippen LogP contribution in [0.5, 0.6) is 0 Å². The van der Waals surface area contributed by atoms with Gasteiger partial charge in [0.15, 0.2) is 6.10 Å². The second kappa shape index (κ2) is 9.36. The van der Waals surface area contributed by atoms with Gasteiger partial charge in [-0.3, -0.25) is 10.1 Å². The third-order valence-corrected chi connectivity index (χ3v) is 6.53. The lowest BCUT2D eigenvalue weighted by atomic mass is 9.94. The van der Waals surface area contributed by atoms with E-state index in [1.54, 1.807) is 0 Å². The molecule has 1 saturated heterocycles. The zero-order valence-electron chi connectivity index (χ0n) is 17.0. The molecule has 0 aromatic heterocycles. The number of urea groups is 1. The zero-order valence-corrected chi connectivity index (χ0v) is 17.8. The molecule has 10 heteroatoms. The van der Waals surface area contributed by atoms with Gasteiger partial charge in [0.25, 0.3) is 5.91 Å². The number of amides is 3. The number of ether oxygens (including phenoxy) is 1. The molecule has 0 aliphatic carbocycles. The molecule has 0 saturated carbocycles. The minimum absolute atomic E-state index is 0.0979. The molecule has 3 atom stereocenters. The Hall–Kier alpha value is -2.46. The van der Waals surface area contributed by atoms with E-state index < -0.39 is 34.0 Å². The summed E-state index contributed by atoms with van der Waals surface area (Å²) >= 11 is 0. The Balaban J connectivity index is 2.06. The first-order valence-electron chi connectivity index (χ1n) is 9.38. The molecule has 160 valence electrons. The van der Waals surface area contributed by atoms with Crippen molar-refractivity contribution in [3.05, 3.63) is 29.8 Å². The van der Waals surface area contributed by atoms with Crippen LogP contribution >= 0.6 is 0 Å². The van der Waals surface area contributed by atoms with Crippen LogP contribution in [-0.4, -0.2) is 56.9 Å². The molecular formula is C19H27N3O6S. The van der Waals surface area contributed by atoms with Crippen LogP contribution in [0.1, 0.15) is 37.6 Å². The van der Waals surface area contributed by atoms with E-state index >= 15 is 0 Å². The van der Waals surface area contributed by atoms with Gasteiger partial charge in [0, 0.05) is 20.1 Å². The van der Waals surface area contributed by atoms with Crippen molar-refractivity contribution in [2.75, 3.05) is 20.1 Å². The molecule has 1 heterocycles. The van der Waals surface area contributed by atoms with Gasteiger partial charge in [0.2, 0.25) is 10.0 Å². The molecular weight excluding hydrogens is 398 g/mol. The van der Waals surface area contributed by atoms with Gasteiger partial charge in [0.05, 0.1) is 10.5 Å². The molecule has 0 unspecified atom stereocenters. The molecule has 0 spiro atoms. The Bertz CT molecular complexity index is 858. The third kappa shape index (κ3) is 5.77. The highest BCUT2D eigenvalue weighted by Crippen LogP contribution is 2.26. The van der Waals surface area contributed by atoms with E-state index in [1.165, 1.54) is 42.5 Å². The Labute approximate surface area is 170 Å². The van der Waals surface area contributed by atoms with Gasteiger partial charge in [-0.1, -0.05) is 13.8 Å². The van der Waals surface area contributed by atoms with Gasteiger partial charge >= 0.3 is 12.0 Å². The van der Waals surface area contributed by atoms with Crippen molar-refractivity contribution in [3.8, 4) is 0 Å². The Morgan fingerprint density at radius 1 is 1.10 bits per heavy atom. The van der Waals surface area contributed by atoms with Crippen molar-refractivity contribution in [1.82, 2.24) is 14.9 Å². The fraction of sp³-hybridized carbons (Fsp3) is 0.526. The predicted octanol–water partition coefficient (Wildman–Crippen LogP) is 1.35. The minimum atomic E-state index is -3.65. The number of sulfonamides is 1.